The first-order valence-electron chi connectivity index (χ1n) is 8.95. The molecule has 27 heavy (non-hydrogen) atoms. The number of likely N-dealkylation sites (N-methyl/N-ethyl adjacent to an activating group) is 1. The first-order valence-corrected chi connectivity index (χ1v) is 10.4. The van der Waals surface area contributed by atoms with Crippen molar-refractivity contribution in [1.82, 2.24) is 9.62 Å². The molecule has 2 atom stereocenters. The summed E-state index contributed by atoms with van der Waals surface area (Å²) >= 11 is 0. The van der Waals surface area contributed by atoms with E-state index >= 15 is 0 Å². The molecule has 0 bridgehead atoms. The first kappa shape index (κ1) is 19.2. The van der Waals surface area contributed by atoms with Crippen LogP contribution in [0.4, 0.5) is 0 Å². The van der Waals surface area contributed by atoms with Crippen LogP contribution in [0, 0.1) is 12.8 Å². The number of nitrogens with zero attached hydrogens (tertiary/aromatic N) is 1. The second kappa shape index (κ2) is 7.96. The third kappa shape index (κ3) is 4.57. The predicted octanol–water partition coefficient (Wildman–Crippen LogP) is 3.08. The molecule has 0 fully saturated rings. The van der Waals surface area contributed by atoms with E-state index in [1.807, 2.05) is 37.3 Å². The van der Waals surface area contributed by atoms with Gasteiger partial charge in [-0.25, -0.2) is 8.42 Å². The molecule has 5 nitrogen and oxygen atoms in total. The highest BCUT2D eigenvalue weighted by molar-refractivity contribution is 7.89. The molecule has 2 aliphatic carbocycles. The van der Waals surface area contributed by atoms with Gasteiger partial charge in [-0.15, -0.1) is 0 Å². The molecule has 3 rings (SSSR count). The van der Waals surface area contributed by atoms with E-state index in [4.69, 9.17) is 0 Å². The zero-order valence-corrected chi connectivity index (χ0v) is 16.3. The molecule has 2 unspecified atom stereocenters. The van der Waals surface area contributed by atoms with Gasteiger partial charge in [-0.1, -0.05) is 48.1 Å². The molecule has 1 N–H and O–H groups in total. The number of sulfonamides is 1. The number of aryl methyl sites for hydroxylation is 1. The first-order chi connectivity index (χ1) is 12.9. The minimum absolute atomic E-state index is 0.0351. The van der Waals surface area contributed by atoms with Gasteiger partial charge in [0.25, 0.3) is 10.0 Å². The van der Waals surface area contributed by atoms with Gasteiger partial charge in [0.2, 0.25) is 5.91 Å². The maximum Gasteiger partial charge on any atom is 0.261 e. The average molecular weight is 385 g/mol. The largest absolute Gasteiger partial charge is 0.338 e. The van der Waals surface area contributed by atoms with Crippen molar-refractivity contribution in [2.75, 3.05) is 7.05 Å². The number of hydrogen-bond donors (Lipinski definition) is 1. The maximum atomic E-state index is 12.7. The Balaban J connectivity index is 1.72. The van der Waals surface area contributed by atoms with E-state index in [-0.39, 0.29) is 22.8 Å². The number of amides is 1. The number of allylic oxidation sites excluding steroid dienone is 4. The molecule has 0 aromatic heterocycles. The van der Waals surface area contributed by atoms with Gasteiger partial charge in [0.05, 0.1) is 16.9 Å². The number of rotatable bonds is 5. The van der Waals surface area contributed by atoms with E-state index in [9.17, 15) is 13.2 Å². The van der Waals surface area contributed by atoms with Crippen molar-refractivity contribution in [3.05, 3.63) is 78.1 Å². The fourth-order valence-corrected chi connectivity index (χ4v) is 4.18. The SMILES string of the molecule is Cc1ccc(S(=O)(=O)NC2=CC(N(C)C(=O)C3C=CC=CC3)CC=C2)cc1. The highest BCUT2D eigenvalue weighted by atomic mass is 32.2. The molecule has 0 saturated heterocycles. The van der Waals surface area contributed by atoms with Gasteiger partial charge in [-0.05, 0) is 44.1 Å². The topological polar surface area (TPSA) is 66.5 Å². The van der Waals surface area contributed by atoms with Gasteiger partial charge in [0.15, 0.2) is 0 Å². The Kier molecular flexibility index (Phi) is 5.65. The molecule has 1 aromatic rings. The van der Waals surface area contributed by atoms with Crippen LogP contribution in [0.2, 0.25) is 0 Å². The van der Waals surface area contributed by atoms with Crippen LogP contribution in [0.5, 0.6) is 0 Å². The summed E-state index contributed by atoms with van der Waals surface area (Å²) in [4.78, 5) is 14.6. The van der Waals surface area contributed by atoms with Gasteiger partial charge in [0, 0.05) is 12.7 Å². The highest BCUT2D eigenvalue weighted by Gasteiger charge is 2.26. The zero-order valence-electron chi connectivity index (χ0n) is 15.5. The molecular formula is C21H24N2O3S. The third-order valence-corrected chi connectivity index (χ3v) is 6.17. The van der Waals surface area contributed by atoms with Crippen LogP contribution in [0.3, 0.4) is 0 Å². The van der Waals surface area contributed by atoms with Crippen LogP contribution in [-0.4, -0.2) is 32.3 Å². The molecule has 6 heteroatoms. The number of nitrogens with one attached hydrogen (secondary N) is 1. The molecule has 1 amide bonds. The lowest BCUT2D eigenvalue weighted by Gasteiger charge is -2.30. The summed E-state index contributed by atoms with van der Waals surface area (Å²) in [5.41, 5.74) is 1.48. The normalized spacial score (nSPS) is 21.6. The lowest BCUT2D eigenvalue weighted by Crippen LogP contribution is -2.40. The second-order valence-corrected chi connectivity index (χ2v) is 8.53. The molecule has 1 aromatic carbocycles. The molecule has 0 saturated carbocycles. The summed E-state index contributed by atoms with van der Waals surface area (Å²) in [6.07, 6.45) is 14.5. The van der Waals surface area contributed by atoms with E-state index in [0.29, 0.717) is 18.5 Å². The lowest BCUT2D eigenvalue weighted by atomic mass is 9.97. The highest BCUT2D eigenvalue weighted by Crippen LogP contribution is 2.21. The van der Waals surface area contributed by atoms with Gasteiger partial charge in [0.1, 0.15) is 0 Å². The summed E-state index contributed by atoms with van der Waals surface area (Å²) in [7, 11) is -1.90. The summed E-state index contributed by atoms with van der Waals surface area (Å²) in [6, 6.07) is 6.52. The molecule has 0 heterocycles. The standard InChI is InChI=1S/C21H24N2O3S/c1-16-11-13-20(14-12-16)27(25,26)22-18-9-6-10-19(15-18)23(2)21(24)17-7-4-3-5-8-17/h3-7,9,11-15,17,19,22H,8,10H2,1-2H3. The van der Waals surface area contributed by atoms with Crippen molar-refractivity contribution in [3.8, 4) is 0 Å². The van der Waals surface area contributed by atoms with Crippen LogP contribution in [0.1, 0.15) is 18.4 Å². The Bertz CT molecular complexity index is 925. The predicted molar refractivity (Wildman–Crippen MR) is 106 cm³/mol. The van der Waals surface area contributed by atoms with Crippen molar-refractivity contribution in [2.45, 2.75) is 30.7 Å². The molecule has 0 radical (unpaired) electrons. The number of benzene rings is 1. The maximum absolute atomic E-state index is 12.7. The monoisotopic (exact) mass is 384 g/mol. The number of carbonyl (C=O) groups is 1. The summed E-state index contributed by atoms with van der Waals surface area (Å²) in [5, 5.41) is 0. The Morgan fingerprint density at radius 2 is 1.85 bits per heavy atom. The van der Waals surface area contributed by atoms with E-state index < -0.39 is 10.0 Å². The van der Waals surface area contributed by atoms with Crippen molar-refractivity contribution in [3.63, 3.8) is 0 Å². The molecule has 2 aliphatic rings. The van der Waals surface area contributed by atoms with Gasteiger partial charge in [-0.2, -0.15) is 0 Å². The van der Waals surface area contributed by atoms with Gasteiger partial charge < -0.3 is 4.90 Å². The molecule has 0 aliphatic heterocycles. The number of carbonyl (C=O) groups excluding carboxylic acids is 1. The van der Waals surface area contributed by atoms with Crippen LogP contribution in [-0.2, 0) is 14.8 Å². The van der Waals surface area contributed by atoms with Crippen molar-refractivity contribution in [2.24, 2.45) is 5.92 Å². The second-order valence-electron chi connectivity index (χ2n) is 6.85. The molecule has 142 valence electrons. The van der Waals surface area contributed by atoms with Crippen molar-refractivity contribution >= 4 is 15.9 Å². The average Bonchev–Trinajstić information content (AvgIpc) is 2.67. The minimum Gasteiger partial charge on any atom is -0.338 e. The molecular weight excluding hydrogens is 360 g/mol. The summed E-state index contributed by atoms with van der Waals surface area (Å²) in [5.74, 6) is -0.125. The fraction of sp³-hybridized carbons (Fsp3) is 0.286. The summed E-state index contributed by atoms with van der Waals surface area (Å²) in [6.45, 7) is 1.91. The number of hydrogen-bond acceptors (Lipinski definition) is 3. The Morgan fingerprint density at radius 1 is 1.11 bits per heavy atom. The zero-order chi connectivity index (χ0) is 19.4. The van der Waals surface area contributed by atoms with E-state index in [0.717, 1.165) is 5.56 Å². The van der Waals surface area contributed by atoms with Gasteiger partial charge >= 0.3 is 0 Å². The quantitative estimate of drug-likeness (QED) is 0.848. The van der Waals surface area contributed by atoms with Gasteiger partial charge in [-0.3, -0.25) is 9.52 Å². The Hall–Kier alpha value is -2.60. The molecule has 0 spiro atoms. The van der Waals surface area contributed by atoms with E-state index in [2.05, 4.69) is 4.72 Å². The Morgan fingerprint density at radius 3 is 2.52 bits per heavy atom. The van der Waals surface area contributed by atoms with Crippen LogP contribution < -0.4 is 4.72 Å². The minimum atomic E-state index is -3.66. The van der Waals surface area contributed by atoms with Crippen molar-refractivity contribution in [1.29, 1.82) is 0 Å². The Labute approximate surface area is 160 Å². The van der Waals surface area contributed by atoms with Crippen LogP contribution >= 0.6 is 0 Å². The van der Waals surface area contributed by atoms with E-state index in [1.165, 1.54) is 0 Å². The summed E-state index contributed by atoms with van der Waals surface area (Å²) < 4.78 is 27.8. The van der Waals surface area contributed by atoms with Crippen LogP contribution in [0.25, 0.3) is 0 Å². The smallest absolute Gasteiger partial charge is 0.261 e. The van der Waals surface area contributed by atoms with Crippen molar-refractivity contribution < 1.29 is 13.2 Å². The fourth-order valence-electron chi connectivity index (χ4n) is 3.12. The third-order valence-electron chi connectivity index (χ3n) is 4.77. The lowest BCUT2D eigenvalue weighted by molar-refractivity contribution is -0.133. The van der Waals surface area contributed by atoms with Crippen LogP contribution in [0.15, 0.2) is 77.4 Å². The van der Waals surface area contributed by atoms with E-state index in [1.54, 1.807) is 48.4 Å².